The van der Waals surface area contributed by atoms with Gasteiger partial charge in [0.1, 0.15) is 0 Å². The number of hydrogen-bond acceptors (Lipinski definition) is 4. The second kappa shape index (κ2) is 6.47. The summed E-state index contributed by atoms with van der Waals surface area (Å²) in [5.41, 5.74) is 0. The maximum absolute atomic E-state index is 5.54. The number of nitrogens with zero attached hydrogens (tertiary/aromatic N) is 2. The van der Waals surface area contributed by atoms with E-state index in [-0.39, 0.29) is 0 Å². The molecule has 4 atom stereocenters. The van der Waals surface area contributed by atoms with Crippen LogP contribution in [-0.4, -0.2) is 22.7 Å². The lowest BCUT2D eigenvalue weighted by Gasteiger charge is -2.20. The number of aromatic nitrogens is 2. The first kappa shape index (κ1) is 15.0. The summed E-state index contributed by atoms with van der Waals surface area (Å²) < 4.78 is 5.54. The van der Waals surface area contributed by atoms with E-state index in [1.807, 2.05) is 0 Å². The van der Waals surface area contributed by atoms with Crippen LogP contribution in [0, 0.1) is 17.8 Å². The van der Waals surface area contributed by atoms with Crippen LogP contribution in [0.2, 0.25) is 0 Å². The molecule has 1 aromatic heterocycles. The highest BCUT2D eigenvalue weighted by atomic mass is 16.5. The molecule has 2 aliphatic carbocycles. The van der Waals surface area contributed by atoms with Crippen molar-refractivity contribution < 1.29 is 4.52 Å². The summed E-state index contributed by atoms with van der Waals surface area (Å²) in [5, 5.41) is 7.89. The number of rotatable bonds is 7. The van der Waals surface area contributed by atoms with E-state index in [2.05, 4.69) is 31.2 Å². The van der Waals surface area contributed by atoms with Gasteiger partial charge in [-0.25, -0.2) is 0 Å². The standard InChI is InChI=1S/C17H29N3O/c1-4-7-18-15(11(2)3)10-16-19-17(20-21-16)14-9-12-5-6-13(14)8-12/h11-15,18H,4-10H2,1-3H3. The van der Waals surface area contributed by atoms with Gasteiger partial charge >= 0.3 is 0 Å². The van der Waals surface area contributed by atoms with Crippen LogP contribution in [-0.2, 0) is 6.42 Å². The molecule has 118 valence electrons. The van der Waals surface area contributed by atoms with E-state index < -0.39 is 0 Å². The zero-order chi connectivity index (χ0) is 14.8. The van der Waals surface area contributed by atoms with Crippen molar-refractivity contribution in [3.05, 3.63) is 11.7 Å². The molecule has 4 nitrogen and oxygen atoms in total. The van der Waals surface area contributed by atoms with Crippen molar-refractivity contribution in [3.63, 3.8) is 0 Å². The van der Waals surface area contributed by atoms with Crippen molar-refractivity contribution in [2.45, 2.75) is 71.3 Å². The minimum Gasteiger partial charge on any atom is -0.339 e. The third-order valence-corrected chi connectivity index (χ3v) is 5.41. The summed E-state index contributed by atoms with van der Waals surface area (Å²) in [6.07, 6.45) is 7.47. The van der Waals surface area contributed by atoms with Gasteiger partial charge in [-0.05, 0) is 50.0 Å². The maximum atomic E-state index is 5.54. The van der Waals surface area contributed by atoms with Gasteiger partial charge in [-0.1, -0.05) is 32.3 Å². The number of nitrogens with one attached hydrogen (secondary N) is 1. The van der Waals surface area contributed by atoms with Gasteiger partial charge in [0.2, 0.25) is 5.89 Å². The Kier molecular flexibility index (Phi) is 4.63. The molecule has 1 heterocycles. The van der Waals surface area contributed by atoms with Crippen LogP contribution in [0.5, 0.6) is 0 Å². The van der Waals surface area contributed by atoms with Crippen LogP contribution in [0.25, 0.3) is 0 Å². The Labute approximate surface area is 128 Å². The molecule has 21 heavy (non-hydrogen) atoms. The highest BCUT2D eigenvalue weighted by molar-refractivity contribution is 5.06. The van der Waals surface area contributed by atoms with Crippen molar-refractivity contribution in [2.24, 2.45) is 17.8 Å². The van der Waals surface area contributed by atoms with Crippen molar-refractivity contribution in [1.29, 1.82) is 0 Å². The van der Waals surface area contributed by atoms with Crippen LogP contribution in [0.3, 0.4) is 0 Å². The van der Waals surface area contributed by atoms with E-state index in [4.69, 9.17) is 9.51 Å². The average Bonchev–Trinajstić information content (AvgIpc) is 3.18. The SMILES string of the molecule is CCCNC(Cc1nc(C2CC3CCC2C3)no1)C(C)C. The molecule has 3 rings (SSSR count). The highest BCUT2D eigenvalue weighted by Gasteiger charge is 2.42. The Hall–Kier alpha value is -0.900. The first-order valence-corrected chi connectivity index (χ1v) is 8.73. The molecule has 4 heteroatoms. The highest BCUT2D eigenvalue weighted by Crippen LogP contribution is 2.52. The van der Waals surface area contributed by atoms with Gasteiger partial charge in [0.05, 0.1) is 0 Å². The van der Waals surface area contributed by atoms with Gasteiger partial charge in [0.15, 0.2) is 5.82 Å². The largest absolute Gasteiger partial charge is 0.339 e. The fourth-order valence-corrected chi connectivity index (χ4v) is 4.12. The summed E-state index contributed by atoms with van der Waals surface area (Å²) in [5.74, 6) is 4.69. The lowest BCUT2D eigenvalue weighted by Crippen LogP contribution is -2.36. The van der Waals surface area contributed by atoms with Gasteiger partial charge in [-0.3, -0.25) is 0 Å². The Balaban J connectivity index is 1.61. The fraction of sp³-hybridized carbons (Fsp3) is 0.882. The van der Waals surface area contributed by atoms with E-state index in [1.165, 1.54) is 25.7 Å². The maximum Gasteiger partial charge on any atom is 0.228 e. The van der Waals surface area contributed by atoms with Crippen LogP contribution in [0.1, 0.15) is 70.5 Å². The van der Waals surface area contributed by atoms with Crippen LogP contribution in [0.15, 0.2) is 4.52 Å². The number of hydrogen-bond donors (Lipinski definition) is 1. The van der Waals surface area contributed by atoms with Gasteiger partial charge in [-0.2, -0.15) is 4.98 Å². The molecule has 1 N–H and O–H groups in total. The average molecular weight is 291 g/mol. The van der Waals surface area contributed by atoms with Crippen LogP contribution in [0.4, 0.5) is 0 Å². The molecule has 2 saturated carbocycles. The molecular weight excluding hydrogens is 262 g/mol. The van der Waals surface area contributed by atoms with Gasteiger partial charge in [0.25, 0.3) is 0 Å². The normalized spacial score (nSPS) is 29.4. The molecular formula is C17H29N3O. The number of fused-ring (bicyclic) bond motifs is 2. The van der Waals surface area contributed by atoms with E-state index in [9.17, 15) is 0 Å². The molecule has 0 amide bonds. The van der Waals surface area contributed by atoms with Crippen LogP contribution < -0.4 is 5.32 Å². The Morgan fingerprint density at radius 3 is 2.76 bits per heavy atom. The lowest BCUT2D eigenvalue weighted by molar-refractivity contribution is 0.319. The molecule has 0 aromatic carbocycles. The van der Waals surface area contributed by atoms with E-state index in [1.54, 1.807) is 0 Å². The zero-order valence-electron chi connectivity index (χ0n) is 13.6. The molecule has 2 bridgehead atoms. The van der Waals surface area contributed by atoms with Gasteiger partial charge in [-0.15, -0.1) is 0 Å². The second-order valence-electron chi connectivity index (χ2n) is 7.34. The Morgan fingerprint density at radius 2 is 2.14 bits per heavy atom. The summed E-state index contributed by atoms with van der Waals surface area (Å²) in [6.45, 7) is 7.75. The summed E-state index contributed by atoms with van der Waals surface area (Å²) in [4.78, 5) is 4.72. The first-order chi connectivity index (χ1) is 10.2. The lowest BCUT2D eigenvalue weighted by atomic mass is 9.88. The van der Waals surface area contributed by atoms with E-state index >= 15 is 0 Å². The summed E-state index contributed by atoms with van der Waals surface area (Å²) in [6, 6.07) is 0.429. The Morgan fingerprint density at radius 1 is 1.29 bits per heavy atom. The van der Waals surface area contributed by atoms with E-state index in [0.717, 1.165) is 42.9 Å². The van der Waals surface area contributed by atoms with Gasteiger partial charge in [0, 0.05) is 18.4 Å². The van der Waals surface area contributed by atoms with Crippen molar-refractivity contribution in [3.8, 4) is 0 Å². The topological polar surface area (TPSA) is 51.0 Å². The molecule has 2 fully saturated rings. The molecule has 0 saturated heterocycles. The summed E-state index contributed by atoms with van der Waals surface area (Å²) in [7, 11) is 0. The minimum atomic E-state index is 0.429. The van der Waals surface area contributed by atoms with Crippen molar-refractivity contribution in [2.75, 3.05) is 6.54 Å². The second-order valence-corrected chi connectivity index (χ2v) is 7.34. The third kappa shape index (κ3) is 3.31. The molecule has 1 aromatic rings. The molecule has 2 aliphatic rings. The smallest absolute Gasteiger partial charge is 0.228 e. The molecule has 0 radical (unpaired) electrons. The van der Waals surface area contributed by atoms with Crippen molar-refractivity contribution in [1.82, 2.24) is 15.5 Å². The Bertz CT molecular complexity index is 457. The minimum absolute atomic E-state index is 0.429. The predicted molar refractivity (Wildman–Crippen MR) is 83.1 cm³/mol. The zero-order valence-corrected chi connectivity index (χ0v) is 13.6. The fourth-order valence-electron chi connectivity index (χ4n) is 4.12. The molecule has 0 spiro atoms. The predicted octanol–water partition coefficient (Wildman–Crippen LogP) is 3.54. The van der Waals surface area contributed by atoms with E-state index in [0.29, 0.717) is 17.9 Å². The first-order valence-electron chi connectivity index (χ1n) is 8.73. The quantitative estimate of drug-likeness (QED) is 0.835. The monoisotopic (exact) mass is 291 g/mol. The van der Waals surface area contributed by atoms with Gasteiger partial charge < -0.3 is 9.84 Å². The third-order valence-electron chi connectivity index (χ3n) is 5.41. The van der Waals surface area contributed by atoms with Crippen LogP contribution >= 0.6 is 0 Å². The van der Waals surface area contributed by atoms with Crippen molar-refractivity contribution >= 4 is 0 Å². The molecule has 4 unspecified atom stereocenters. The molecule has 0 aliphatic heterocycles. The summed E-state index contributed by atoms with van der Waals surface area (Å²) >= 11 is 0.